The van der Waals surface area contributed by atoms with Crippen LogP contribution in [0.25, 0.3) is 0 Å². The maximum Gasteiger partial charge on any atom is 0.0934 e. The lowest BCUT2D eigenvalue weighted by atomic mass is 9.91. The summed E-state index contributed by atoms with van der Waals surface area (Å²) in [6, 6.07) is 0. The summed E-state index contributed by atoms with van der Waals surface area (Å²) in [6.45, 7) is 4.96. The van der Waals surface area contributed by atoms with Crippen LogP contribution in [-0.4, -0.2) is 38.4 Å². The Kier molecular flexibility index (Phi) is 7.14. The third-order valence-electron chi connectivity index (χ3n) is 2.24. The molecular formula is C10H21F2N. The number of hydrogen-bond acceptors (Lipinski definition) is 1. The zero-order valence-electron chi connectivity index (χ0n) is 8.89. The summed E-state index contributed by atoms with van der Waals surface area (Å²) in [5, 5.41) is 0. The number of piperidine rings is 1. The predicted octanol–water partition coefficient (Wildman–Crippen LogP) is 2.52. The smallest absolute Gasteiger partial charge is 0.0934 e. The number of likely N-dealkylation sites (tertiary alicyclic amines) is 1. The first kappa shape index (κ1) is 12.8. The summed E-state index contributed by atoms with van der Waals surface area (Å²) >= 11 is 0. The van der Waals surface area contributed by atoms with Crippen LogP contribution in [0.15, 0.2) is 0 Å². The normalized spacial score (nSPS) is 29.3. The van der Waals surface area contributed by atoms with Gasteiger partial charge in [-0.3, -0.25) is 8.78 Å². The summed E-state index contributed by atoms with van der Waals surface area (Å²) in [5.41, 5.74) is 0. The molecule has 0 N–H and O–H groups in total. The van der Waals surface area contributed by atoms with E-state index in [4.69, 9.17) is 0 Å². The minimum absolute atomic E-state index is 0.0644. The van der Waals surface area contributed by atoms with Crippen molar-refractivity contribution in [2.75, 3.05) is 33.5 Å². The van der Waals surface area contributed by atoms with E-state index in [1.54, 1.807) is 0 Å². The molecule has 1 nitrogen and oxygen atoms in total. The molecule has 1 saturated heterocycles. The first-order chi connectivity index (χ1) is 6.26. The van der Waals surface area contributed by atoms with Gasteiger partial charge in [-0.15, -0.1) is 0 Å². The largest absolute Gasteiger partial charge is 0.306 e. The topological polar surface area (TPSA) is 3.24 Å². The lowest BCUT2D eigenvalue weighted by Gasteiger charge is -2.32. The summed E-state index contributed by atoms with van der Waals surface area (Å²) in [6.07, 6.45) is 0.720. The molecule has 2 atom stereocenters. The van der Waals surface area contributed by atoms with Gasteiger partial charge in [0.05, 0.1) is 13.3 Å². The van der Waals surface area contributed by atoms with Crippen molar-refractivity contribution in [3.05, 3.63) is 0 Å². The maximum atomic E-state index is 12.2. The fraction of sp³-hybridized carbons (Fsp3) is 1.00. The first-order valence-electron chi connectivity index (χ1n) is 5.06. The summed E-state index contributed by atoms with van der Waals surface area (Å²) in [5.74, 6) is 0.129. The van der Waals surface area contributed by atoms with Crippen LogP contribution in [-0.2, 0) is 0 Å². The molecule has 1 rings (SSSR count). The first-order valence-corrected chi connectivity index (χ1v) is 5.06. The molecule has 0 saturated carbocycles. The molecule has 13 heavy (non-hydrogen) atoms. The van der Waals surface area contributed by atoms with Crippen LogP contribution in [0.3, 0.4) is 0 Å². The molecule has 1 fully saturated rings. The molecule has 2 unspecified atom stereocenters. The van der Waals surface area contributed by atoms with Crippen molar-refractivity contribution in [2.45, 2.75) is 20.3 Å². The van der Waals surface area contributed by atoms with Crippen LogP contribution in [0.5, 0.6) is 0 Å². The number of nitrogens with zero attached hydrogens (tertiary/aromatic N) is 1. The minimum Gasteiger partial charge on any atom is -0.306 e. The van der Waals surface area contributed by atoms with Crippen LogP contribution in [0.2, 0.25) is 0 Å². The van der Waals surface area contributed by atoms with E-state index < -0.39 is 0 Å². The van der Waals surface area contributed by atoms with Gasteiger partial charge in [0.1, 0.15) is 0 Å². The molecule has 0 radical (unpaired) electrons. The maximum absolute atomic E-state index is 12.2. The van der Waals surface area contributed by atoms with Crippen LogP contribution < -0.4 is 0 Å². The number of rotatable bonds is 2. The van der Waals surface area contributed by atoms with Gasteiger partial charge in [0.25, 0.3) is 0 Å². The highest BCUT2D eigenvalue weighted by molar-refractivity contribution is 4.76. The number of alkyl halides is 2. The molecule has 3 heteroatoms. The fourth-order valence-electron chi connectivity index (χ4n) is 1.80. The number of hydrogen-bond donors (Lipinski definition) is 0. The Balaban J connectivity index is 0.000000671. The van der Waals surface area contributed by atoms with Gasteiger partial charge in [-0.1, -0.05) is 13.8 Å². The van der Waals surface area contributed by atoms with Crippen molar-refractivity contribution < 1.29 is 8.78 Å². The van der Waals surface area contributed by atoms with Crippen LogP contribution in [0, 0.1) is 11.8 Å². The van der Waals surface area contributed by atoms with Crippen molar-refractivity contribution in [2.24, 2.45) is 11.8 Å². The Morgan fingerprint density at radius 3 is 1.77 bits per heavy atom. The predicted molar refractivity (Wildman–Crippen MR) is 52.4 cm³/mol. The zero-order valence-corrected chi connectivity index (χ0v) is 8.89. The highest BCUT2D eigenvalue weighted by Crippen LogP contribution is 2.21. The van der Waals surface area contributed by atoms with Gasteiger partial charge >= 0.3 is 0 Å². The van der Waals surface area contributed by atoms with E-state index in [-0.39, 0.29) is 25.2 Å². The molecule has 0 bridgehead atoms. The lowest BCUT2D eigenvalue weighted by Crippen LogP contribution is -2.39. The van der Waals surface area contributed by atoms with Gasteiger partial charge in [0, 0.05) is 24.9 Å². The van der Waals surface area contributed by atoms with E-state index in [1.807, 2.05) is 25.8 Å². The van der Waals surface area contributed by atoms with Gasteiger partial charge < -0.3 is 4.90 Å². The minimum atomic E-state index is -0.305. The highest BCUT2D eigenvalue weighted by Gasteiger charge is 2.24. The van der Waals surface area contributed by atoms with E-state index >= 15 is 0 Å². The van der Waals surface area contributed by atoms with E-state index in [9.17, 15) is 8.78 Å². The third kappa shape index (κ3) is 4.55. The molecule has 0 aromatic heterocycles. The van der Waals surface area contributed by atoms with E-state index in [0.29, 0.717) is 0 Å². The second-order valence-electron chi connectivity index (χ2n) is 3.50. The summed E-state index contributed by atoms with van der Waals surface area (Å²) < 4.78 is 24.4. The van der Waals surface area contributed by atoms with Crippen LogP contribution in [0.4, 0.5) is 8.78 Å². The molecule has 80 valence electrons. The molecule has 1 heterocycles. The molecule has 0 amide bonds. The standard InChI is InChI=1S/C8H15F2N.C2H6/c1-11-5-7(3-9)2-8(4-10)6-11;1-2/h7-8H,2-6H2,1H3;1-2H3. The third-order valence-corrected chi connectivity index (χ3v) is 2.24. The van der Waals surface area contributed by atoms with Crippen LogP contribution >= 0.6 is 0 Å². The molecule has 0 spiro atoms. The average molecular weight is 193 g/mol. The lowest BCUT2D eigenvalue weighted by molar-refractivity contribution is 0.116. The van der Waals surface area contributed by atoms with Crippen LogP contribution in [0.1, 0.15) is 20.3 Å². The van der Waals surface area contributed by atoms with Gasteiger partial charge in [-0.25, -0.2) is 0 Å². The van der Waals surface area contributed by atoms with Gasteiger partial charge in [-0.2, -0.15) is 0 Å². The second-order valence-corrected chi connectivity index (χ2v) is 3.50. The Hall–Kier alpha value is -0.180. The molecule has 0 aliphatic carbocycles. The van der Waals surface area contributed by atoms with Gasteiger partial charge in [0.15, 0.2) is 0 Å². The molecular weight excluding hydrogens is 172 g/mol. The van der Waals surface area contributed by atoms with Crippen molar-refractivity contribution in [1.82, 2.24) is 4.90 Å². The van der Waals surface area contributed by atoms with Crippen molar-refractivity contribution in [3.63, 3.8) is 0 Å². The summed E-state index contributed by atoms with van der Waals surface area (Å²) in [7, 11) is 1.92. The fourth-order valence-corrected chi connectivity index (χ4v) is 1.80. The Morgan fingerprint density at radius 2 is 1.46 bits per heavy atom. The number of halogens is 2. The zero-order chi connectivity index (χ0) is 10.3. The Morgan fingerprint density at radius 1 is 1.08 bits per heavy atom. The molecule has 1 aliphatic rings. The second kappa shape index (κ2) is 7.25. The summed E-state index contributed by atoms with van der Waals surface area (Å²) in [4.78, 5) is 2.01. The van der Waals surface area contributed by atoms with Crippen molar-refractivity contribution in [1.29, 1.82) is 0 Å². The van der Waals surface area contributed by atoms with Gasteiger partial charge in [0.2, 0.25) is 0 Å². The van der Waals surface area contributed by atoms with E-state index in [2.05, 4.69) is 0 Å². The SMILES string of the molecule is CC.CN1CC(CF)CC(CF)C1. The highest BCUT2D eigenvalue weighted by atomic mass is 19.1. The molecule has 1 aliphatic heterocycles. The Labute approximate surface area is 80.1 Å². The van der Waals surface area contributed by atoms with Gasteiger partial charge in [-0.05, 0) is 13.5 Å². The quantitative estimate of drug-likeness (QED) is 0.651. The van der Waals surface area contributed by atoms with Crippen molar-refractivity contribution in [3.8, 4) is 0 Å². The van der Waals surface area contributed by atoms with E-state index in [0.717, 1.165) is 19.5 Å². The van der Waals surface area contributed by atoms with Crippen molar-refractivity contribution >= 4 is 0 Å². The molecule has 0 aromatic rings. The monoisotopic (exact) mass is 193 g/mol. The Bertz CT molecular complexity index is 107. The average Bonchev–Trinajstić information content (AvgIpc) is 2.20. The molecule has 0 aromatic carbocycles. The van der Waals surface area contributed by atoms with E-state index in [1.165, 1.54) is 0 Å².